The number of benzene rings is 2. The second-order valence-corrected chi connectivity index (χ2v) is 6.37. The van der Waals surface area contributed by atoms with E-state index >= 15 is 0 Å². The maximum absolute atomic E-state index is 12.4. The van der Waals surface area contributed by atoms with E-state index in [1.165, 1.54) is 13.2 Å². The van der Waals surface area contributed by atoms with Crippen LogP contribution in [0.1, 0.15) is 11.1 Å². The van der Waals surface area contributed by atoms with Gasteiger partial charge in [-0.15, -0.1) is 6.42 Å². The third kappa shape index (κ3) is 5.37. The average molecular weight is 425 g/mol. The Labute approximate surface area is 166 Å². The lowest BCUT2D eigenvalue weighted by Crippen LogP contribution is -2.13. The normalized spacial score (nSPS) is 10.5. The fourth-order valence-electron chi connectivity index (χ4n) is 2.23. The number of nitrogens with one attached hydrogen (secondary N) is 1. The van der Waals surface area contributed by atoms with E-state index in [1.54, 1.807) is 24.3 Å². The Kier molecular flexibility index (Phi) is 7.05. The summed E-state index contributed by atoms with van der Waals surface area (Å²) < 4.78 is 11.4. The standard InChI is InChI=1S/C21H17BrN2O3/c1-4-9-27-20-18(22)11-15(12-19(20)26-3)10-16(13-23)21(25)24-17-7-5-14(2)6-8-17/h1,5-8,10-12H,9H2,2-3H3,(H,24,25)/b16-10+. The molecule has 0 bridgehead atoms. The van der Waals surface area contributed by atoms with Crippen LogP contribution in [0, 0.1) is 30.6 Å². The summed E-state index contributed by atoms with van der Waals surface area (Å²) in [5.41, 5.74) is 2.25. The maximum atomic E-state index is 12.4. The molecule has 0 radical (unpaired) electrons. The molecule has 6 heteroatoms. The zero-order valence-corrected chi connectivity index (χ0v) is 16.5. The summed E-state index contributed by atoms with van der Waals surface area (Å²) in [7, 11) is 1.49. The molecule has 0 spiro atoms. The number of methoxy groups -OCH3 is 1. The van der Waals surface area contributed by atoms with Crippen LogP contribution < -0.4 is 14.8 Å². The molecular weight excluding hydrogens is 408 g/mol. The lowest BCUT2D eigenvalue weighted by Gasteiger charge is -2.12. The lowest BCUT2D eigenvalue weighted by atomic mass is 10.1. The van der Waals surface area contributed by atoms with E-state index in [1.807, 2.05) is 25.1 Å². The van der Waals surface area contributed by atoms with E-state index in [0.29, 0.717) is 27.2 Å². The van der Waals surface area contributed by atoms with Crippen LogP contribution in [0.5, 0.6) is 11.5 Å². The highest BCUT2D eigenvalue weighted by atomic mass is 79.9. The topological polar surface area (TPSA) is 71.3 Å². The minimum atomic E-state index is -0.496. The third-order valence-corrected chi connectivity index (χ3v) is 4.13. The fraction of sp³-hybridized carbons (Fsp3) is 0.143. The van der Waals surface area contributed by atoms with Crippen LogP contribution in [0.4, 0.5) is 5.69 Å². The SMILES string of the molecule is C#CCOc1c(Br)cc(/C=C(\C#N)C(=O)Nc2ccc(C)cc2)cc1OC. The summed E-state index contributed by atoms with van der Waals surface area (Å²) in [5, 5.41) is 12.1. The molecule has 0 heterocycles. The molecule has 2 rings (SSSR count). The van der Waals surface area contributed by atoms with Crippen molar-refractivity contribution in [2.75, 3.05) is 19.0 Å². The molecule has 27 heavy (non-hydrogen) atoms. The largest absolute Gasteiger partial charge is 0.493 e. The number of aryl methyl sites for hydroxylation is 1. The molecule has 5 nitrogen and oxygen atoms in total. The molecule has 0 unspecified atom stereocenters. The van der Waals surface area contributed by atoms with Crippen LogP contribution in [-0.2, 0) is 4.79 Å². The predicted octanol–water partition coefficient (Wildman–Crippen LogP) is 4.32. The maximum Gasteiger partial charge on any atom is 0.266 e. The number of anilines is 1. The van der Waals surface area contributed by atoms with Gasteiger partial charge in [-0.25, -0.2) is 0 Å². The van der Waals surface area contributed by atoms with Crippen LogP contribution >= 0.6 is 15.9 Å². The number of nitrogens with zero attached hydrogens (tertiary/aromatic N) is 1. The first-order valence-electron chi connectivity index (χ1n) is 7.92. The molecule has 2 aromatic rings. The van der Waals surface area contributed by atoms with Crippen molar-refractivity contribution in [3.05, 3.63) is 57.6 Å². The Morgan fingerprint density at radius 1 is 1.33 bits per heavy atom. The molecule has 2 aromatic carbocycles. The highest BCUT2D eigenvalue weighted by Crippen LogP contribution is 2.37. The van der Waals surface area contributed by atoms with Gasteiger partial charge in [0.15, 0.2) is 11.5 Å². The van der Waals surface area contributed by atoms with Gasteiger partial charge in [-0.2, -0.15) is 5.26 Å². The molecule has 0 aromatic heterocycles. The highest BCUT2D eigenvalue weighted by Gasteiger charge is 2.14. The molecule has 1 amide bonds. The summed E-state index contributed by atoms with van der Waals surface area (Å²) in [4.78, 5) is 12.4. The molecule has 0 saturated carbocycles. The zero-order chi connectivity index (χ0) is 19.8. The molecule has 0 aliphatic carbocycles. The van der Waals surface area contributed by atoms with Crippen LogP contribution in [0.3, 0.4) is 0 Å². The van der Waals surface area contributed by atoms with Gasteiger partial charge in [0.2, 0.25) is 0 Å². The Hall–Kier alpha value is -3.22. The molecule has 1 N–H and O–H groups in total. The first-order chi connectivity index (χ1) is 13.0. The van der Waals surface area contributed by atoms with Crippen molar-refractivity contribution in [1.29, 1.82) is 5.26 Å². The first kappa shape index (κ1) is 20.1. The van der Waals surface area contributed by atoms with Gasteiger partial charge in [0, 0.05) is 5.69 Å². The monoisotopic (exact) mass is 424 g/mol. The molecule has 136 valence electrons. The molecule has 0 aliphatic heterocycles. The van der Waals surface area contributed by atoms with Crippen LogP contribution in [-0.4, -0.2) is 19.6 Å². The number of rotatable bonds is 6. The highest BCUT2D eigenvalue weighted by molar-refractivity contribution is 9.10. The van der Waals surface area contributed by atoms with E-state index in [-0.39, 0.29) is 12.2 Å². The van der Waals surface area contributed by atoms with Gasteiger partial charge < -0.3 is 14.8 Å². The minimum Gasteiger partial charge on any atom is -0.493 e. The summed E-state index contributed by atoms with van der Waals surface area (Å²) in [6.45, 7) is 2.04. The Morgan fingerprint density at radius 2 is 2.04 bits per heavy atom. The van der Waals surface area contributed by atoms with E-state index in [9.17, 15) is 10.1 Å². The molecule has 0 aliphatic rings. The van der Waals surface area contributed by atoms with Crippen molar-refractivity contribution in [2.24, 2.45) is 0 Å². The van der Waals surface area contributed by atoms with Gasteiger partial charge in [0.05, 0.1) is 11.6 Å². The van der Waals surface area contributed by atoms with E-state index in [2.05, 4.69) is 27.2 Å². The quantitative estimate of drug-likeness (QED) is 0.425. The van der Waals surface area contributed by atoms with Crippen LogP contribution in [0.25, 0.3) is 6.08 Å². The molecule has 0 saturated heterocycles. The molecular formula is C21H17BrN2O3. The number of halogens is 1. The van der Waals surface area contributed by atoms with Crippen molar-refractivity contribution in [3.63, 3.8) is 0 Å². The Morgan fingerprint density at radius 3 is 2.63 bits per heavy atom. The van der Waals surface area contributed by atoms with Crippen molar-refractivity contribution in [3.8, 4) is 29.9 Å². The minimum absolute atomic E-state index is 0.0400. The second kappa shape index (κ2) is 9.47. The number of hydrogen-bond donors (Lipinski definition) is 1. The van der Waals surface area contributed by atoms with Crippen molar-refractivity contribution >= 4 is 33.6 Å². The number of amides is 1. The van der Waals surface area contributed by atoms with E-state index < -0.39 is 5.91 Å². The average Bonchev–Trinajstić information content (AvgIpc) is 2.66. The Bertz CT molecular complexity index is 951. The zero-order valence-electron chi connectivity index (χ0n) is 14.9. The van der Waals surface area contributed by atoms with E-state index in [0.717, 1.165) is 5.56 Å². The summed E-state index contributed by atoms with van der Waals surface area (Å²) >= 11 is 3.39. The fourth-order valence-corrected chi connectivity index (χ4v) is 2.80. The first-order valence-corrected chi connectivity index (χ1v) is 8.71. The predicted molar refractivity (Wildman–Crippen MR) is 108 cm³/mol. The summed E-state index contributed by atoms with van der Waals surface area (Å²) in [6.07, 6.45) is 6.69. The summed E-state index contributed by atoms with van der Waals surface area (Å²) in [5.74, 6) is 2.78. The van der Waals surface area contributed by atoms with Crippen molar-refractivity contribution in [2.45, 2.75) is 6.92 Å². The van der Waals surface area contributed by atoms with Gasteiger partial charge in [0.1, 0.15) is 18.2 Å². The second-order valence-electron chi connectivity index (χ2n) is 5.52. The lowest BCUT2D eigenvalue weighted by molar-refractivity contribution is -0.112. The number of terminal acetylenes is 1. The van der Waals surface area contributed by atoms with Crippen LogP contribution in [0.15, 0.2) is 46.4 Å². The van der Waals surface area contributed by atoms with Crippen molar-refractivity contribution < 1.29 is 14.3 Å². The number of carbonyl (C=O) groups is 1. The van der Waals surface area contributed by atoms with Gasteiger partial charge in [-0.1, -0.05) is 23.6 Å². The number of nitriles is 1. The van der Waals surface area contributed by atoms with Crippen LogP contribution in [0.2, 0.25) is 0 Å². The number of hydrogen-bond acceptors (Lipinski definition) is 4. The third-order valence-electron chi connectivity index (χ3n) is 3.54. The van der Waals surface area contributed by atoms with Gasteiger partial charge >= 0.3 is 0 Å². The summed E-state index contributed by atoms with van der Waals surface area (Å²) in [6, 6.07) is 12.6. The van der Waals surface area contributed by atoms with Gasteiger partial charge in [-0.3, -0.25) is 4.79 Å². The molecule has 0 atom stereocenters. The molecule has 0 fully saturated rings. The van der Waals surface area contributed by atoms with Gasteiger partial charge in [0.25, 0.3) is 5.91 Å². The smallest absolute Gasteiger partial charge is 0.266 e. The van der Waals surface area contributed by atoms with Crippen molar-refractivity contribution in [1.82, 2.24) is 0 Å². The van der Waals surface area contributed by atoms with Gasteiger partial charge in [-0.05, 0) is 58.8 Å². The Balaban J connectivity index is 2.29. The number of carbonyl (C=O) groups excluding carboxylic acids is 1. The van der Waals surface area contributed by atoms with E-state index in [4.69, 9.17) is 15.9 Å². The number of ether oxygens (including phenoxy) is 2.